The lowest BCUT2D eigenvalue weighted by Gasteiger charge is -2.21. The van der Waals surface area contributed by atoms with Gasteiger partial charge in [-0.3, -0.25) is 4.79 Å². The molecule has 2 aromatic heterocycles. The highest BCUT2D eigenvalue weighted by Gasteiger charge is 2.24. The van der Waals surface area contributed by atoms with Crippen LogP contribution in [0.3, 0.4) is 0 Å². The van der Waals surface area contributed by atoms with E-state index >= 15 is 0 Å². The number of thiophene rings is 1. The molecule has 1 aromatic carbocycles. The summed E-state index contributed by atoms with van der Waals surface area (Å²) in [6.45, 7) is 0. The van der Waals surface area contributed by atoms with Gasteiger partial charge in [0.2, 0.25) is 5.91 Å². The molecule has 2 heterocycles. The van der Waals surface area contributed by atoms with Crippen LogP contribution in [0.1, 0.15) is 29.7 Å². The van der Waals surface area contributed by atoms with Gasteiger partial charge in [0.25, 0.3) is 0 Å². The smallest absolute Gasteiger partial charge is 0.234 e. The molecule has 0 saturated carbocycles. The minimum Gasteiger partial charge on any atom is -0.325 e. The van der Waals surface area contributed by atoms with Gasteiger partial charge in [0.1, 0.15) is 11.1 Å². The van der Waals surface area contributed by atoms with Crippen molar-refractivity contribution in [1.29, 1.82) is 5.26 Å². The standard InChI is InChI=1S/C22H17Cl2N3OS2/c23-13-8-14(24)10-15(9-13)26-20(28)12-30-22-17(11-25)21(19-6-3-7-29-19)16-4-1-2-5-18(16)27-22/h3,6-10H,1-2,4-5,12H2,(H,26,28). The highest BCUT2D eigenvalue weighted by atomic mass is 35.5. The number of hydrogen-bond donors (Lipinski definition) is 1. The Bertz CT molecular complexity index is 1120. The van der Waals surface area contributed by atoms with Gasteiger partial charge in [-0.15, -0.1) is 11.3 Å². The average Bonchev–Trinajstić information content (AvgIpc) is 3.24. The number of rotatable bonds is 5. The van der Waals surface area contributed by atoms with E-state index in [0.29, 0.717) is 26.3 Å². The third-order valence-electron chi connectivity index (χ3n) is 4.81. The number of amides is 1. The van der Waals surface area contributed by atoms with Crippen LogP contribution in [0.2, 0.25) is 10.0 Å². The number of nitrogens with one attached hydrogen (secondary N) is 1. The quantitative estimate of drug-likeness (QED) is 0.423. The lowest BCUT2D eigenvalue weighted by atomic mass is 9.89. The zero-order valence-corrected chi connectivity index (χ0v) is 19.0. The molecule has 8 heteroatoms. The Morgan fingerprint density at radius 1 is 1.23 bits per heavy atom. The summed E-state index contributed by atoms with van der Waals surface area (Å²) in [6, 6.07) is 11.3. The Labute approximate surface area is 193 Å². The molecule has 0 aliphatic heterocycles. The summed E-state index contributed by atoms with van der Waals surface area (Å²) in [5.74, 6) is -0.0755. The molecule has 4 nitrogen and oxygen atoms in total. The molecule has 0 radical (unpaired) electrons. The van der Waals surface area contributed by atoms with E-state index in [-0.39, 0.29) is 11.7 Å². The number of aromatic nitrogens is 1. The van der Waals surface area contributed by atoms with E-state index in [2.05, 4.69) is 11.4 Å². The van der Waals surface area contributed by atoms with Gasteiger partial charge in [0, 0.05) is 31.9 Å². The van der Waals surface area contributed by atoms with Gasteiger partial charge in [-0.1, -0.05) is 41.0 Å². The largest absolute Gasteiger partial charge is 0.325 e. The first-order valence-corrected chi connectivity index (χ1v) is 12.1. The summed E-state index contributed by atoms with van der Waals surface area (Å²) >= 11 is 14.9. The van der Waals surface area contributed by atoms with E-state index in [9.17, 15) is 10.1 Å². The zero-order chi connectivity index (χ0) is 21.1. The van der Waals surface area contributed by atoms with E-state index in [4.69, 9.17) is 28.2 Å². The minimum atomic E-state index is -0.209. The number of carbonyl (C=O) groups is 1. The minimum absolute atomic E-state index is 0.133. The predicted molar refractivity (Wildman–Crippen MR) is 125 cm³/mol. The fourth-order valence-electron chi connectivity index (χ4n) is 3.58. The summed E-state index contributed by atoms with van der Waals surface area (Å²) < 4.78 is 0. The van der Waals surface area contributed by atoms with Crippen LogP contribution in [-0.4, -0.2) is 16.6 Å². The highest BCUT2D eigenvalue weighted by Crippen LogP contribution is 2.39. The summed E-state index contributed by atoms with van der Waals surface area (Å²) in [6.07, 6.45) is 4.04. The second-order valence-corrected chi connectivity index (χ2v) is 9.67. The number of nitrogens with zero attached hydrogens (tertiary/aromatic N) is 2. The Balaban J connectivity index is 1.60. The molecule has 1 amide bonds. The Morgan fingerprint density at radius 3 is 2.70 bits per heavy atom. The third kappa shape index (κ3) is 4.65. The third-order valence-corrected chi connectivity index (χ3v) is 7.11. The average molecular weight is 474 g/mol. The molecule has 0 unspecified atom stereocenters. The van der Waals surface area contributed by atoms with Crippen molar-refractivity contribution >= 4 is 57.9 Å². The normalized spacial score (nSPS) is 12.8. The maximum absolute atomic E-state index is 12.5. The number of hydrogen-bond acceptors (Lipinski definition) is 5. The maximum atomic E-state index is 12.5. The number of anilines is 1. The molecule has 0 spiro atoms. The molecule has 4 rings (SSSR count). The lowest BCUT2D eigenvalue weighted by molar-refractivity contribution is -0.113. The van der Waals surface area contributed by atoms with Crippen molar-refractivity contribution < 1.29 is 4.79 Å². The second kappa shape index (κ2) is 9.40. The predicted octanol–water partition coefficient (Wildman–Crippen LogP) is 6.60. The number of fused-ring (bicyclic) bond motifs is 1. The molecular formula is C22H17Cl2N3OS2. The second-order valence-electron chi connectivity index (χ2n) is 6.88. The highest BCUT2D eigenvalue weighted by molar-refractivity contribution is 8.00. The van der Waals surface area contributed by atoms with Crippen LogP contribution >= 0.6 is 46.3 Å². The Hall–Kier alpha value is -2.04. The molecule has 1 aliphatic rings. The maximum Gasteiger partial charge on any atom is 0.234 e. The van der Waals surface area contributed by atoms with Crippen molar-refractivity contribution in [2.24, 2.45) is 0 Å². The Morgan fingerprint density at radius 2 is 2.00 bits per heavy atom. The van der Waals surface area contributed by atoms with Crippen LogP contribution in [0.4, 0.5) is 5.69 Å². The molecule has 0 atom stereocenters. The van der Waals surface area contributed by atoms with E-state index in [0.717, 1.165) is 41.8 Å². The van der Waals surface area contributed by atoms with Crippen LogP contribution in [0.25, 0.3) is 10.4 Å². The molecule has 0 saturated heterocycles. The summed E-state index contributed by atoms with van der Waals surface area (Å²) in [5, 5.41) is 16.3. The van der Waals surface area contributed by atoms with Crippen molar-refractivity contribution in [2.75, 3.05) is 11.1 Å². The van der Waals surface area contributed by atoms with Crippen molar-refractivity contribution in [3.63, 3.8) is 0 Å². The van der Waals surface area contributed by atoms with Gasteiger partial charge in [0.05, 0.1) is 11.3 Å². The van der Waals surface area contributed by atoms with Crippen LogP contribution in [0.15, 0.2) is 40.7 Å². The molecule has 152 valence electrons. The molecule has 1 N–H and O–H groups in total. The van der Waals surface area contributed by atoms with Gasteiger partial charge in [-0.25, -0.2) is 4.98 Å². The van der Waals surface area contributed by atoms with Crippen molar-refractivity contribution in [3.05, 3.63) is 62.6 Å². The first kappa shape index (κ1) is 21.2. The number of benzene rings is 1. The van der Waals surface area contributed by atoms with Crippen molar-refractivity contribution in [2.45, 2.75) is 30.7 Å². The summed E-state index contributed by atoms with van der Waals surface area (Å²) in [4.78, 5) is 18.3. The van der Waals surface area contributed by atoms with Gasteiger partial charge >= 0.3 is 0 Å². The first-order valence-electron chi connectivity index (χ1n) is 9.43. The summed E-state index contributed by atoms with van der Waals surface area (Å²) in [5.41, 5.74) is 4.32. The van der Waals surface area contributed by atoms with Gasteiger partial charge in [-0.05, 0) is 60.9 Å². The van der Waals surface area contributed by atoms with Crippen molar-refractivity contribution in [3.8, 4) is 16.5 Å². The van der Waals surface area contributed by atoms with Gasteiger partial charge in [0.15, 0.2) is 0 Å². The number of thioether (sulfide) groups is 1. The molecular weight excluding hydrogens is 457 g/mol. The molecule has 1 aliphatic carbocycles. The van der Waals surface area contributed by atoms with E-state index in [1.54, 1.807) is 29.5 Å². The van der Waals surface area contributed by atoms with Crippen LogP contribution in [0.5, 0.6) is 0 Å². The van der Waals surface area contributed by atoms with Crippen LogP contribution in [-0.2, 0) is 17.6 Å². The number of pyridine rings is 1. The topological polar surface area (TPSA) is 65.8 Å². The van der Waals surface area contributed by atoms with E-state index in [1.165, 1.54) is 17.3 Å². The van der Waals surface area contributed by atoms with E-state index in [1.807, 2.05) is 17.5 Å². The number of halogens is 2. The SMILES string of the molecule is N#Cc1c(SCC(=O)Nc2cc(Cl)cc(Cl)c2)nc2c(c1-c1cccs1)CCCC2. The fraction of sp³-hybridized carbons (Fsp3) is 0.227. The Kier molecular flexibility index (Phi) is 6.64. The van der Waals surface area contributed by atoms with Crippen LogP contribution < -0.4 is 5.32 Å². The lowest BCUT2D eigenvalue weighted by Crippen LogP contribution is -2.15. The number of carbonyl (C=O) groups excluding carboxylic acids is 1. The molecule has 30 heavy (non-hydrogen) atoms. The molecule has 0 bridgehead atoms. The van der Waals surface area contributed by atoms with E-state index < -0.39 is 0 Å². The van der Waals surface area contributed by atoms with Crippen molar-refractivity contribution in [1.82, 2.24) is 4.98 Å². The van der Waals surface area contributed by atoms with Crippen LogP contribution in [0, 0.1) is 11.3 Å². The monoisotopic (exact) mass is 473 g/mol. The number of nitriles is 1. The molecule has 3 aromatic rings. The summed E-state index contributed by atoms with van der Waals surface area (Å²) in [7, 11) is 0. The number of aryl methyl sites for hydroxylation is 1. The zero-order valence-electron chi connectivity index (χ0n) is 15.9. The first-order chi connectivity index (χ1) is 14.5. The van der Waals surface area contributed by atoms with Gasteiger partial charge in [-0.2, -0.15) is 5.26 Å². The van der Waals surface area contributed by atoms with Gasteiger partial charge < -0.3 is 5.32 Å². The fourth-order valence-corrected chi connectivity index (χ4v) is 5.71. The molecule has 0 fully saturated rings.